The number of amides is 4. The molecule has 42 heavy (non-hydrogen) atoms. The molecule has 4 aliphatic carbocycles. The highest BCUT2D eigenvalue weighted by molar-refractivity contribution is 6.30. The Kier molecular flexibility index (Phi) is 6.99. The maximum atomic E-state index is 13.6. The molecular formula is C32H35ClN2O7. The maximum Gasteiger partial charge on any atom is 0.329 e. The number of esters is 1. The number of imide groups is 2. The second-order valence-electron chi connectivity index (χ2n) is 13.2. The number of nitrogens with zero attached hydrogens (tertiary/aromatic N) is 2. The molecule has 0 aromatic heterocycles. The fourth-order valence-electron chi connectivity index (χ4n) is 9.34. The summed E-state index contributed by atoms with van der Waals surface area (Å²) in [6.07, 6.45) is 6.75. The predicted octanol–water partition coefficient (Wildman–Crippen LogP) is 3.67. The minimum atomic E-state index is -1.15. The molecule has 6 fully saturated rings. The maximum absolute atomic E-state index is 13.6. The lowest BCUT2D eigenvalue weighted by Gasteiger charge is -2.26. The summed E-state index contributed by atoms with van der Waals surface area (Å²) in [5.74, 6) is -2.08. The van der Waals surface area contributed by atoms with Gasteiger partial charge in [0.2, 0.25) is 23.6 Å². The minimum Gasteiger partial charge on any atom is -0.456 e. The third-order valence-electron chi connectivity index (χ3n) is 11.2. The molecule has 0 radical (unpaired) electrons. The number of rotatable bonds is 10. The number of unbranched alkanes of at least 4 members (excludes halogenated alkanes) is 1. The number of likely N-dealkylation sites (tertiary alicyclic amines) is 2. The van der Waals surface area contributed by atoms with Crippen LogP contribution in [0.5, 0.6) is 0 Å². The van der Waals surface area contributed by atoms with Gasteiger partial charge in [0, 0.05) is 17.1 Å². The van der Waals surface area contributed by atoms with Gasteiger partial charge in [-0.15, -0.1) is 0 Å². The Labute approximate surface area is 249 Å². The number of hydrogen-bond donors (Lipinski definition) is 0. The molecule has 7 rings (SSSR count). The van der Waals surface area contributed by atoms with Crippen LogP contribution in [0.25, 0.3) is 0 Å². The number of halogens is 1. The Balaban J connectivity index is 1.02. The zero-order chi connectivity index (χ0) is 29.3. The van der Waals surface area contributed by atoms with Gasteiger partial charge in [0.05, 0.1) is 23.7 Å². The first-order valence-corrected chi connectivity index (χ1v) is 15.8. The summed E-state index contributed by atoms with van der Waals surface area (Å²) in [6, 6.07) is 5.08. The molecule has 10 heteroatoms. The molecule has 222 valence electrons. The summed E-state index contributed by atoms with van der Waals surface area (Å²) in [7, 11) is 0. The molecule has 2 saturated heterocycles. The SMILES string of the molecule is O=C(COC(=O)[C@H](CCCCN1C(=O)[C@@H]2[C@@H]3CC[C@H](C3)[C@@H]2C1=O)N1C(=O)[C@@H]2[C@@H]3CC[C@H](C3)[C@@H]2C1=O)c1ccc(Cl)cc1. The van der Waals surface area contributed by atoms with Gasteiger partial charge in [-0.1, -0.05) is 11.6 Å². The Bertz CT molecular complexity index is 1300. The lowest BCUT2D eigenvalue weighted by Crippen LogP contribution is -2.47. The summed E-state index contributed by atoms with van der Waals surface area (Å²) in [5, 5.41) is 0.474. The molecular weight excluding hydrogens is 560 g/mol. The van der Waals surface area contributed by atoms with Gasteiger partial charge in [0.15, 0.2) is 12.4 Å². The first-order valence-electron chi connectivity index (χ1n) is 15.4. The third kappa shape index (κ3) is 4.33. The summed E-state index contributed by atoms with van der Waals surface area (Å²) >= 11 is 5.90. The van der Waals surface area contributed by atoms with Crippen LogP contribution in [-0.2, 0) is 28.7 Å². The summed E-state index contributed by atoms with van der Waals surface area (Å²) in [5.41, 5.74) is 0.335. The van der Waals surface area contributed by atoms with Gasteiger partial charge in [0.25, 0.3) is 0 Å². The van der Waals surface area contributed by atoms with Crippen molar-refractivity contribution in [2.24, 2.45) is 47.3 Å². The zero-order valence-electron chi connectivity index (χ0n) is 23.4. The van der Waals surface area contributed by atoms with Gasteiger partial charge in [-0.25, -0.2) is 4.79 Å². The quantitative estimate of drug-likeness (QED) is 0.175. The van der Waals surface area contributed by atoms with E-state index in [0.29, 0.717) is 35.3 Å². The molecule has 2 heterocycles. The van der Waals surface area contributed by atoms with Crippen molar-refractivity contribution >= 4 is 47.0 Å². The second kappa shape index (κ2) is 10.6. The molecule has 1 aromatic carbocycles. The fourth-order valence-corrected chi connectivity index (χ4v) is 9.47. The number of carbonyl (C=O) groups is 6. The third-order valence-corrected chi connectivity index (χ3v) is 11.4. The predicted molar refractivity (Wildman–Crippen MR) is 149 cm³/mol. The molecule has 2 aliphatic heterocycles. The van der Waals surface area contributed by atoms with Crippen molar-refractivity contribution in [1.29, 1.82) is 0 Å². The molecule has 4 amide bonds. The van der Waals surface area contributed by atoms with Crippen LogP contribution in [0.3, 0.4) is 0 Å². The van der Waals surface area contributed by atoms with Gasteiger partial charge < -0.3 is 4.74 Å². The largest absolute Gasteiger partial charge is 0.456 e. The van der Waals surface area contributed by atoms with E-state index in [1.165, 1.54) is 4.90 Å². The van der Waals surface area contributed by atoms with E-state index >= 15 is 0 Å². The Morgan fingerprint density at radius 2 is 1.26 bits per heavy atom. The lowest BCUT2D eigenvalue weighted by atomic mass is 9.81. The summed E-state index contributed by atoms with van der Waals surface area (Å²) in [4.78, 5) is 81.8. The standard InChI is InChI=1S/C32H35ClN2O7/c33-21-10-8-16(9-11-21)23(36)15-42-32(41)22(35-30(39)26-19-6-7-20(14-19)27(26)31(35)40)3-1-2-12-34-28(37)24-17-4-5-18(13-17)25(24)29(34)38/h8-11,17-20,22,24-27H,1-7,12-15H2/t17-,18-,19-,20-,22+,24-,25+,26-,27+/m1/s1. The summed E-state index contributed by atoms with van der Waals surface area (Å²) < 4.78 is 5.41. The number of hydrogen-bond acceptors (Lipinski definition) is 7. The van der Waals surface area contributed by atoms with Crippen molar-refractivity contribution in [3.05, 3.63) is 34.9 Å². The highest BCUT2D eigenvalue weighted by Gasteiger charge is 2.63. The number of ether oxygens (including phenoxy) is 1. The molecule has 1 aromatic rings. The first-order chi connectivity index (χ1) is 20.2. The van der Waals surface area contributed by atoms with E-state index < -0.39 is 24.4 Å². The van der Waals surface area contributed by atoms with Crippen LogP contribution in [0, 0.1) is 47.3 Å². The molecule has 9 nitrogen and oxygen atoms in total. The highest BCUT2D eigenvalue weighted by atomic mass is 35.5. The molecule has 9 atom stereocenters. The van der Waals surface area contributed by atoms with E-state index in [4.69, 9.17) is 16.3 Å². The van der Waals surface area contributed by atoms with Gasteiger partial charge >= 0.3 is 5.97 Å². The van der Waals surface area contributed by atoms with Gasteiger partial charge in [-0.3, -0.25) is 33.8 Å². The van der Waals surface area contributed by atoms with Crippen molar-refractivity contribution in [3.8, 4) is 0 Å². The van der Waals surface area contributed by atoms with Crippen molar-refractivity contribution in [2.45, 2.75) is 63.8 Å². The van der Waals surface area contributed by atoms with E-state index in [1.54, 1.807) is 24.3 Å². The number of carbonyl (C=O) groups excluding carboxylic acids is 6. The van der Waals surface area contributed by atoms with Crippen molar-refractivity contribution in [2.75, 3.05) is 13.2 Å². The number of Topliss-reactive ketones (excluding diaryl/α,β-unsaturated/α-hetero) is 1. The first kappa shape index (κ1) is 27.7. The Hall–Kier alpha value is -3.07. The average Bonchev–Trinajstić information content (AvgIpc) is 3.83. The van der Waals surface area contributed by atoms with Gasteiger partial charge in [0.1, 0.15) is 6.04 Å². The Morgan fingerprint density at radius 1 is 0.762 bits per heavy atom. The van der Waals surface area contributed by atoms with Crippen LogP contribution in [0.4, 0.5) is 0 Å². The molecule has 4 bridgehead atoms. The summed E-state index contributed by atoms with van der Waals surface area (Å²) in [6.45, 7) is -0.259. The van der Waals surface area contributed by atoms with Crippen molar-refractivity contribution in [1.82, 2.24) is 9.80 Å². The topological polar surface area (TPSA) is 118 Å². The van der Waals surface area contributed by atoms with Crippen LogP contribution < -0.4 is 0 Å². The highest BCUT2D eigenvalue weighted by Crippen LogP contribution is 2.57. The van der Waals surface area contributed by atoms with Crippen LogP contribution in [0.1, 0.15) is 68.1 Å². The molecule has 0 spiro atoms. The lowest BCUT2D eigenvalue weighted by molar-refractivity contribution is -0.159. The molecule has 0 unspecified atom stereocenters. The zero-order valence-corrected chi connectivity index (χ0v) is 24.2. The van der Waals surface area contributed by atoms with Crippen LogP contribution in [-0.4, -0.2) is 64.4 Å². The van der Waals surface area contributed by atoms with Crippen molar-refractivity contribution in [3.63, 3.8) is 0 Å². The minimum absolute atomic E-state index is 0.0675. The van der Waals surface area contributed by atoms with Crippen LogP contribution in [0.15, 0.2) is 24.3 Å². The fraction of sp³-hybridized carbons (Fsp3) is 0.625. The van der Waals surface area contributed by atoms with Crippen molar-refractivity contribution < 1.29 is 33.5 Å². The molecule has 4 saturated carbocycles. The van der Waals surface area contributed by atoms with E-state index in [1.807, 2.05) is 0 Å². The monoisotopic (exact) mass is 594 g/mol. The Morgan fingerprint density at radius 3 is 1.79 bits per heavy atom. The smallest absolute Gasteiger partial charge is 0.329 e. The van der Waals surface area contributed by atoms with Gasteiger partial charge in [-0.05, 0) is 106 Å². The van der Waals surface area contributed by atoms with Gasteiger partial charge in [-0.2, -0.15) is 0 Å². The number of benzene rings is 1. The van der Waals surface area contributed by atoms with E-state index in [-0.39, 0.29) is 72.1 Å². The number of fused-ring (bicyclic) bond motifs is 10. The average molecular weight is 595 g/mol. The van der Waals surface area contributed by atoms with E-state index in [0.717, 1.165) is 43.4 Å². The van der Waals surface area contributed by atoms with Crippen LogP contribution in [0.2, 0.25) is 5.02 Å². The van der Waals surface area contributed by atoms with E-state index in [2.05, 4.69) is 0 Å². The molecule has 0 N–H and O–H groups in total. The number of ketones is 1. The second-order valence-corrected chi connectivity index (χ2v) is 13.6. The van der Waals surface area contributed by atoms with Crippen LogP contribution >= 0.6 is 11.6 Å². The van der Waals surface area contributed by atoms with E-state index in [9.17, 15) is 28.8 Å². The molecule has 6 aliphatic rings. The normalized spacial score (nSPS) is 34.9.